The standard InChI is InChI=1S/C23H29F3O6.C18H21F3O5/c24-23(25,26)15-6-5-7-17(12-15)32-14-16(27)10-11-19-18(20(28)13-21(19)29)8-3-1-2-4-9-22(30)31;19-18(20,21)10-2-1-3-12(6-10)25-9-11(22)4-5-13-14-7-17(24)26-16(14)8-15(13)23/h1,3,5-7,10-12,16,18-21,27-29H,2,4,8-9,13-14H2,(H,30,31);1-6,11,13-17,22-24H,7-9H2/b3-1-,11-10+;5-4+/t16-,18-,19-,20+,21-;11-,13-,14-,15-,16?,17?/m11/s1. The third-order valence-corrected chi connectivity index (χ3v) is 10.2. The minimum Gasteiger partial charge on any atom is -0.491 e. The molecule has 0 spiro atoms. The first-order chi connectivity index (χ1) is 27.3. The van der Waals surface area contributed by atoms with Crippen LogP contribution in [0, 0.1) is 23.7 Å². The molecular formula is C41H50F6O11. The second kappa shape index (κ2) is 21.3. The van der Waals surface area contributed by atoms with Gasteiger partial charge in [0.1, 0.15) is 36.9 Å². The lowest BCUT2D eigenvalue weighted by molar-refractivity contribution is -0.138. The van der Waals surface area contributed by atoms with Gasteiger partial charge in [-0.1, -0.05) is 48.6 Å². The van der Waals surface area contributed by atoms with Gasteiger partial charge in [-0.25, -0.2) is 0 Å². The van der Waals surface area contributed by atoms with Crippen LogP contribution in [0.1, 0.15) is 56.1 Å². The van der Waals surface area contributed by atoms with E-state index in [1.165, 1.54) is 36.4 Å². The number of rotatable bonds is 16. The van der Waals surface area contributed by atoms with Crippen molar-refractivity contribution in [3.63, 3.8) is 0 Å². The highest BCUT2D eigenvalue weighted by Gasteiger charge is 2.47. The molecular weight excluding hydrogens is 782 g/mol. The summed E-state index contributed by atoms with van der Waals surface area (Å²) in [6.07, 6.45) is -1.71. The Morgan fingerprint density at radius 3 is 1.83 bits per heavy atom. The van der Waals surface area contributed by atoms with Crippen LogP contribution in [-0.4, -0.2) is 97.8 Å². The van der Waals surface area contributed by atoms with E-state index in [1.807, 2.05) is 12.2 Å². The van der Waals surface area contributed by atoms with E-state index in [1.54, 1.807) is 12.2 Å². The number of carbonyl (C=O) groups is 1. The van der Waals surface area contributed by atoms with E-state index in [4.69, 9.17) is 19.3 Å². The smallest absolute Gasteiger partial charge is 0.416 e. The molecule has 2 aliphatic carbocycles. The van der Waals surface area contributed by atoms with E-state index >= 15 is 0 Å². The molecule has 0 radical (unpaired) electrons. The molecule has 11 atom stereocenters. The fourth-order valence-corrected chi connectivity index (χ4v) is 7.29. The van der Waals surface area contributed by atoms with Crippen LogP contribution in [0.5, 0.6) is 11.5 Å². The molecule has 2 saturated carbocycles. The quantitative estimate of drug-likeness (QED) is 0.0629. The first-order valence-electron chi connectivity index (χ1n) is 18.9. The number of aliphatic hydroxyl groups is 6. The predicted molar refractivity (Wildman–Crippen MR) is 196 cm³/mol. The summed E-state index contributed by atoms with van der Waals surface area (Å²) in [7, 11) is 0. The van der Waals surface area contributed by atoms with Crippen molar-refractivity contribution in [3.8, 4) is 11.5 Å². The molecule has 7 N–H and O–H groups in total. The molecule has 17 heteroatoms. The molecule has 58 heavy (non-hydrogen) atoms. The predicted octanol–water partition coefficient (Wildman–Crippen LogP) is 5.67. The summed E-state index contributed by atoms with van der Waals surface area (Å²) in [5, 5.41) is 68.8. The molecule has 2 unspecified atom stereocenters. The van der Waals surface area contributed by atoms with Crippen LogP contribution in [0.2, 0.25) is 0 Å². The van der Waals surface area contributed by atoms with Gasteiger partial charge in [-0.2, -0.15) is 26.3 Å². The van der Waals surface area contributed by atoms with Gasteiger partial charge in [0.05, 0.1) is 35.5 Å². The molecule has 0 aromatic heterocycles. The Morgan fingerprint density at radius 1 is 0.759 bits per heavy atom. The van der Waals surface area contributed by atoms with E-state index in [9.17, 15) is 61.8 Å². The average Bonchev–Trinajstić information content (AvgIpc) is 3.75. The summed E-state index contributed by atoms with van der Waals surface area (Å²) >= 11 is 0. The molecule has 3 aliphatic rings. The first kappa shape index (κ1) is 46.7. The molecule has 11 nitrogen and oxygen atoms in total. The number of unbranched alkanes of at least 4 members (excludes halogenated alkanes) is 1. The molecule has 322 valence electrons. The van der Waals surface area contributed by atoms with Crippen LogP contribution < -0.4 is 9.47 Å². The van der Waals surface area contributed by atoms with Crippen molar-refractivity contribution in [2.75, 3.05) is 13.2 Å². The highest BCUT2D eigenvalue weighted by Crippen LogP contribution is 2.43. The van der Waals surface area contributed by atoms with Crippen molar-refractivity contribution in [1.82, 2.24) is 0 Å². The molecule has 3 fully saturated rings. The molecule has 2 aromatic rings. The number of aliphatic hydroxyl groups excluding tert-OH is 6. The topological polar surface area (TPSA) is 186 Å². The van der Waals surface area contributed by atoms with Crippen molar-refractivity contribution < 1.29 is 81.1 Å². The van der Waals surface area contributed by atoms with E-state index in [2.05, 4.69) is 0 Å². The lowest BCUT2D eigenvalue weighted by Gasteiger charge is -2.19. The number of ether oxygens (including phenoxy) is 3. The minimum absolute atomic E-state index is 0.0144. The van der Waals surface area contributed by atoms with E-state index in [0.29, 0.717) is 32.1 Å². The Morgan fingerprint density at radius 2 is 1.29 bits per heavy atom. The van der Waals surface area contributed by atoms with Gasteiger partial charge in [0.25, 0.3) is 0 Å². The van der Waals surface area contributed by atoms with E-state index < -0.39 is 72.2 Å². The van der Waals surface area contributed by atoms with E-state index in [-0.39, 0.29) is 61.4 Å². The highest BCUT2D eigenvalue weighted by atomic mass is 19.4. The number of hydrogen-bond acceptors (Lipinski definition) is 10. The van der Waals surface area contributed by atoms with Gasteiger partial charge in [-0.15, -0.1) is 0 Å². The van der Waals surface area contributed by atoms with Gasteiger partial charge >= 0.3 is 18.3 Å². The number of aliphatic carboxylic acids is 1. The van der Waals surface area contributed by atoms with Gasteiger partial charge in [-0.3, -0.25) is 4.79 Å². The summed E-state index contributed by atoms with van der Waals surface area (Å²) < 4.78 is 92.1. The molecule has 0 amide bonds. The molecule has 2 aromatic carbocycles. The Labute approximate surface area is 331 Å². The zero-order chi connectivity index (χ0) is 42.6. The van der Waals surface area contributed by atoms with Crippen LogP contribution in [-0.2, 0) is 21.9 Å². The highest BCUT2D eigenvalue weighted by molar-refractivity contribution is 5.66. The van der Waals surface area contributed by atoms with Crippen LogP contribution in [0.4, 0.5) is 26.3 Å². The van der Waals surface area contributed by atoms with Crippen LogP contribution in [0.15, 0.2) is 85.0 Å². The first-order valence-corrected chi connectivity index (χ1v) is 18.9. The molecule has 5 rings (SSSR count). The van der Waals surface area contributed by atoms with Crippen molar-refractivity contribution in [1.29, 1.82) is 0 Å². The minimum atomic E-state index is -4.49. The maximum absolute atomic E-state index is 12.8. The monoisotopic (exact) mass is 832 g/mol. The van der Waals surface area contributed by atoms with Crippen molar-refractivity contribution in [3.05, 3.63) is 96.1 Å². The zero-order valence-corrected chi connectivity index (χ0v) is 31.3. The number of carboxylic acid groups (broad SMARTS) is 1. The summed E-state index contributed by atoms with van der Waals surface area (Å²) in [6, 6.07) is 8.80. The number of carboxylic acids is 1. The normalized spacial score (nSPS) is 28.4. The van der Waals surface area contributed by atoms with Crippen LogP contribution in [0.3, 0.4) is 0 Å². The number of halogens is 6. The lowest BCUT2D eigenvalue weighted by Crippen LogP contribution is -2.21. The van der Waals surface area contributed by atoms with Gasteiger partial charge in [0.15, 0.2) is 6.29 Å². The molecule has 1 heterocycles. The number of alkyl halides is 6. The van der Waals surface area contributed by atoms with Gasteiger partial charge < -0.3 is 50.0 Å². The van der Waals surface area contributed by atoms with E-state index in [0.717, 1.165) is 24.3 Å². The van der Waals surface area contributed by atoms with Crippen LogP contribution in [0.25, 0.3) is 0 Å². The fraction of sp³-hybridized carbons (Fsp3) is 0.537. The zero-order valence-electron chi connectivity index (χ0n) is 31.3. The SMILES string of the molecule is O=C(O)CCC/C=C\C[C@@H]1[C@@H](/C=C/[C@@H](O)COc2cccc(C(F)(F)F)c2)[C@H](O)C[C@@H]1O.OC1C[C@H]2C(C[C@@H](O)[C@@H]2/C=C/[C@@H](O)COc2cccc(C(F)(F)F)c2)O1. The number of hydrogen-bond donors (Lipinski definition) is 7. The average molecular weight is 833 g/mol. The Kier molecular flexibility index (Phi) is 17.2. The summed E-state index contributed by atoms with van der Waals surface area (Å²) in [5.74, 6) is -1.80. The maximum atomic E-state index is 12.8. The Balaban J connectivity index is 0.000000262. The molecule has 1 aliphatic heterocycles. The summed E-state index contributed by atoms with van der Waals surface area (Å²) in [4.78, 5) is 10.5. The Hall–Kier alpha value is -3.97. The van der Waals surface area contributed by atoms with Crippen molar-refractivity contribution in [2.24, 2.45) is 23.7 Å². The third kappa shape index (κ3) is 14.4. The summed E-state index contributed by atoms with van der Waals surface area (Å²) in [6.45, 7) is -0.481. The Bertz CT molecular complexity index is 1680. The van der Waals surface area contributed by atoms with Crippen molar-refractivity contribution in [2.45, 2.75) is 100 Å². The van der Waals surface area contributed by atoms with Gasteiger partial charge in [-0.05, 0) is 67.5 Å². The second-order valence-electron chi connectivity index (χ2n) is 14.6. The second-order valence-corrected chi connectivity index (χ2v) is 14.6. The third-order valence-electron chi connectivity index (χ3n) is 10.2. The largest absolute Gasteiger partial charge is 0.491 e. The number of allylic oxidation sites excluding steroid dienone is 2. The van der Waals surface area contributed by atoms with Crippen LogP contribution >= 0.6 is 0 Å². The number of fused-ring (bicyclic) bond motifs is 1. The van der Waals surface area contributed by atoms with Crippen molar-refractivity contribution >= 4 is 5.97 Å². The summed E-state index contributed by atoms with van der Waals surface area (Å²) in [5.41, 5.74) is -1.66. The number of benzene rings is 2. The lowest BCUT2D eigenvalue weighted by atomic mass is 9.89. The fourth-order valence-electron chi connectivity index (χ4n) is 7.29. The maximum Gasteiger partial charge on any atom is 0.416 e. The van der Waals surface area contributed by atoms with Gasteiger partial charge in [0.2, 0.25) is 0 Å². The molecule has 0 bridgehead atoms. The molecule has 1 saturated heterocycles. The van der Waals surface area contributed by atoms with Gasteiger partial charge in [0, 0.05) is 37.5 Å².